The minimum absolute atomic E-state index is 0.0390. The van der Waals surface area contributed by atoms with Crippen LogP contribution in [0.2, 0.25) is 0 Å². The van der Waals surface area contributed by atoms with Crippen LogP contribution >= 0.6 is 0 Å². The number of rotatable bonds is 11. The molecule has 4 saturated carbocycles. The maximum atomic E-state index is 13.7. The Morgan fingerprint density at radius 3 is 2.21 bits per heavy atom. The second-order valence-electron chi connectivity index (χ2n) is 18.6. The lowest BCUT2D eigenvalue weighted by molar-refractivity contribution is -0.343. The lowest BCUT2D eigenvalue weighted by atomic mass is 9.43. The first-order valence-corrected chi connectivity index (χ1v) is 21.0. The van der Waals surface area contributed by atoms with E-state index in [0.717, 1.165) is 32.1 Å². The fraction of sp³-hybridized carbons (Fsp3) is 0.929. The molecule has 20 atom stereocenters. The van der Waals surface area contributed by atoms with E-state index in [1.165, 1.54) is 14.0 Å². The van der Waals surface area contributed by atoms with E-state index in [1.54, 1.807) is 21.0 Å². The number of aliphatic hydroxyl groups is 2. The number of aliphatic hydroxyl groups excluding tert-OH is 2. The summed E-state index contributed by atoms with van der Waals surface area (Å²) in [5.41, 5.74) is -2.43. The smallest absolute Gasteiger partial charge is 0.309 e. The van der Waals surface area contributed by atoms with Crippen LogP contribution in [0.3, 0.4) is 0 Å². The molecule has 7 aliphatic rings. The molecule has 0 aromatic rings. The summed E-state index contributed by atoms with van der Waals surface area (Å²) in [6.07, 6.45) is -2.23. The lowest BCUT2D eigenvalue weighted by Gasteiger charge is -2.61. The van der Waals surface area contributed by atoms with Crippen molar-refractivity contribution in [2.75, 3.05) is 14.2 Å². The van der Waals surface area contributed by atoms with Gasteiger partial charge in [0.1, 0.15) is 53.6 Å². The van der Waals surface area contributed by atoms with E-state index in [1.807, 2.05) is 27.7 Å². The van der Waals surface area contributed by atoms with Crippen LogP contribution in [-0.4, -0.2) is 127 Å². The molecule has 2 N–H and O–H groups in total. The summed E-state index contributed by atoms with van der Waals surface area (Å²) in [5.74, 6) is -1.53. The van der Waals surface area contributed by atoms with Gasteiger partial charge < -0.3 is 52.8 Å². The van der Waals surface area contributed by atoms with Gasteiger partial charge in [-0.15, -0.1) is 0 Å². The van der Waals surface area contributed by atoms with E-state index in [0.29, 0.717) is 25.7 Å². The molecule has 2 spiro atoms. The zero-order valence-corrected chi connectivity index (χ0v) is 34.9. The summed E-state index contributed by atoms with van der Waals surface area (Å²) in [4.78, 5) is 39.9. The van der Waals surface area contributed by atoms with E-state index in [-0.39, 0.29) is 46.9 Å². The van der Waals surface area contributed by atoms with Gasteiger partial charge in [0.2, 0.25) is 0 Å². The van der Waals surface area contributed by atoms with Gasteiger partial charge in [-0.3, -0.25) is 14.4 Å². The monoisotopic (exact) mass is 794 g/mol. The number of esters is 2. The molecule has 318 valence electrons. The summed E-state index contributed by atoms with van der Waals surface area (Å²) in [6, 6.07) is 0. The summed E-state index contributed by atoms with van der Waals surface area (Å²) < 4.78 is 56.5. The zero-order valence-electron chi connectivity index (χ0n) is 34.9. The Labute approximate surface area is 331 Å². The summed E-state index contributed by atoms with van der Waals surface area (Å²) in [6.45, 7) is 14.7. The highest BCUT2D eigenvalue weighted by Gasteiger charge is 2.91. The molecule has 7 fully saturated rings. The van der Waals surface area contributed by atoms with Crippen molar-refractivity contribution in [2.45, 2.75) is 198 Å². The number of carbonyl (C=O) groups is 3. The highest BCUT2D eigenvalue weighted by molar-refractivity contribution is 5.81. The van der Waals surface area contributed by atoms with Crippen molar-refractivity contribution in [1.82, 2.24) is 0 Å². The number of ketones is 1. The number of ether oxygens (including phenoxy) is 9. The number of Topliss-reactive ketones (excluding diaryl/α,β-unsaturated/α-hetero) is 1. The maximum Gasteiger partial charge on any atom is 0.309 e. The molecule has 0 aromatic heterocycles. The largest absolute Gasteiger partial charge is 0.458 e. The van der Waals surface area contributed by atoms with E-state index in [4.69, 9.17) is 42.6 Å². The highest BCUT2D eigenvalue weighted by atomic mass is 16.7. The minimum atomic E-state index is -1.21. The van der Waals surface area contributed by atoms with Crippen LogP contribution in [0.25, 0.3) is 0 Å². The van der Waals surface area contributed by atoms with Crippen LogP contribution in [-0.2, 0) is 57.0 Å². The Kier molecular flexibility index (Phi) is 11.6. The van der Waals surface area contributed by atoms with Crippen LogP contribution in [0, 0.1) is 34.5 Å². The molecule has 0 radical (unpaired) electrons. The van der Waals surface area contributed by atoms with Crippen molar-refractivity contribution in [3.63, 3.8) is 0 Å². The Morgan fingerprint density at radius 2 is 1.57 bits per heavy atom. The summed E-state index contributed by atoms with van der Waals surface area (Å²) >= 11 is 0. The van der Waals surface area contributed by atoms with Crippen LogP contribution in [0.1, 0.15) is 113 Å². The first-order valence-electron chi connectivity index (χ1n) is 21.0. The van der Waals surface area contributed by atoms with Gasteiger partial charge in [0, 0.05) is 44.8 Å². The van der Waals surface area contributed by atoms with E-state index < -0.39 is 90.1 Å². The predicted molar refractivity (Wildman–Crippen MR) is 198 cm³/mol. The van der Waals surface area contributed by atoms with Crippen molar-refractivity contribution in [1.29, 1.82) is 0 Å². The van der Waals surface area contributed by atoms with Gasteiger partial charge in [0.15, 0.2) is 12.6 Å². The molecule has 0 bridgehead atoms. The maximum absolute atomic E-state index is 13.7. The van der Waals surface area contributed by atoms with Crippen molar-refractivity contribution in [2.24, 2.45) is 34.5 Å². The van der Waals surface area contributed by atoms with Crippen molar-refractivity contribution < 1.29 is 67.2 Å². The Hall–Kier alpha value is -1.75. The SMILES string of the molecule is CCC(C)C(=O)O[C@@H]1[C@@H](OC(C)=O)[C@]2(C)[C@H](C(C)=O)CC[C@@]23O[C@]32CC[C@H]3C[C@@H](O[C@H]4C[C@@H](OC)[C@H](O[C@@H]5O[C@H](C)[C@@H](O)[C@@H](OC)[C@H]5O)[C@@H](C)O4)CC[C@]3(C)[C@@H]12. The van der Waals surface area contributed by atoms with Gasteiger partial charge in [0.05, 0.1) is 30.3 Å². The van der Waals surface area contributed by atoms with Crippen molar-refractivity contribution in [3.8, 4) is 0 Å². The van der Waals surface area contributed by atoms with Crippen molar-refractivity contribution >= 4 is 17.7 Å². The highest BCUT2D eigenvalue weighted by Crippen LogP contribution is 2.81. The Bertz CT molecular complexity index is 1490. The Balaban J connectivity index is 1.10. The van der Waals surface area contributed by atoms with Crippen molar-refractivity contribution in [3.05, 3.63) is 0 Å². The molecule has 4 aliphatic carbocycles. The summed E-state index contributed by atoms with van der Waals surface area (Å²) in [7, 11) is 3.04. The number of fused-ring (bicyclic) bond motifs is 2. The molecule has 14 heteroatoms. The van der Waals surface area contributed by atoms with Gasteiger partial charge in [-0.1, -0.05) is 27.7 Å². The molecule has 3 aliphatic heterocycles. The third-order valence-electron chi connectivity index (χ3n) is 15.8. The van der Waals surface area contributed by atoms with Gasteiger partial charge in [-0.25, -0.2) is 0 Å². The number of epoxide rings is 1. The fourth-order valence-electron chi connectivity index (χ4n) is 12.7. The number of hydrogen-bond acceptors (Lipinski definition) is 14. The number of hydrogen-bond donors (Lipinski definition) is 2. The van der Waals surface area contributed by atoms with E-state index in [9.17, 15) is 24.6 Å². The summed E-state index contributed by atoms with van der Waals surface area (Å²) in [5, 5.41) is 21.3. The zero-order chi connectivity index (χ0) is 40.7. The molecule has 7 rings (SSSR count). The topological polar surface area (TPSA) is 178 Å². The fourth-order valence-corrected chi connectivity index (χ4v) is 12.7. The molecular formula is C42H66O14. The minimum Gasteiger partial charge on any atom is -0.458 e. The van der Waals surface area contributed by atoms with Crippen LogP contribution in [0.5, 0.6) is 0 Å². The average molecular weight is 795 g/mol. The number of carbonyl (C=O) groups excluding carboxylic acids is 3. The molecule has 3 saturated heterocycles. The molecule has 0 amide bonds. The van der Waals surface area contributed by atoms with Crippen LogP contribution in [0.15, 0.2) is 0 Å². The first kappa shape index (κ1) is 42.4. The van der Waals surface area contributed by atoms with E-state index in [2.05, 4.69) is 6.92 Å². The Morgan fingerprint density at radius 1 is 0.839 bits per heavy atom. The number of methoxy groups -OCH3 is 2. The molecule has 1 unspecified atom stereocenters. The molecule has 56 heavy (non-hydrogen) atoms. The second-order valence-corrected chi connectivity index (χ2v) is 18.6. The lowest BCUT2D eigenvalue weighted by Crippen LogP contribution is -2.70. The third kappa shape index (κ3) is 6.42. The normalized spacial score (nSPS) is 51.4. The quantitative estimate of drug-likeness (QED) is 0.174. The van der Waals surface area contributed by atoms with Gasteiger partial charge in [0.25, 0.3) is 0 Å². The van der Waals surface area contributed by atoms with Gasteiger partial charge >= 0.3 is 11.9 Å². The van der Waals surface area contributed by atoms with Gasteiger partial charge in [-0.2, -0.15) is 0 Å². The van der Waals surface area contributed by atoms with Crippen LogP contribution < -0.4 is 0 Å². The molecular weight excluding hydrogens is 728 g/mol. The molecule has 3 heterocycles. The standard InChI is InChI=1S/C42H66O14/c1-11-20(2)37(47)54-34-35-39(7)15-13-26(53-29-19-28(48-9)32(23(5)50-29)55-38-31(46)33(49-10)30(45)22(4)51-38)18-25(39)12-16-41(35)42(56-41)17-14-27(21(3)43)40(42,8)36(34)52-24(6)44/h20,22-23,25-36,38,45-46H,11-19H2,1-10H3/t20?,22-,23-,25+,26+,27+,28-,29+,30-,31-,32-,33-,34+,35-,36-,38+,39+,40+,41+,42-/m1/s1. The van der Waals surface area contributed by atoms with Gasteiger partial charge in [-0.05, 0) is 83.5 Å². The third-order valence-corrected chi connectivity index (χ3v) is 15.8. The molecule has 0 aromatic carbocycles. The van der Waals surface area contributed by atoms with Crippen LogP contribution in [0.4, 0.5) is 0 Å². The molecule has 14 nitrogen and oxygen atoms in total. The second kappa shape index (κ2) is 15.4. The predicted octanol–water partition coefficient (Wildman–Crippen LogP) is 4.02. The first-order chi connectivity index (χ1) is 26.4. The average Bonchev–Trinajstić information content (AvgIpc) is 3.70. The van der Waals surface area contributed by atoms with E-state index >= 15 is 0 Å².